The molecule has 5 heteroatoms. The maximum Gasteiger partial charge on any atom is 0.220 e. The monoisotopic (exact) mass is 278 g/mol. The number of hydrogen-bond acceptors (Lipinski definition) is 4. The standard InChI is InChI=1S/C14H15ClN2O2/c1-9-11(7-10-5-3-4-6-12(10)15)14(19-2)17-13(8-18)16-9/h3-6,18H,7-8H2,1-2H3. The summed E-state index contributed by atoms with van der Waals surface area (Å²) in [5, 5.41) is 9.81. The predicted octanol–water partition coefficient (Wildman–Crippen LogP) is 2.53. The quantitative estimate of drug-likeness (QED) is 0.934. The lowest BCUT2D eigenvalue weighted by Crippen LogP contribution is -2.06. The van der Waals surface area contributed by atoms with Gasteiger partial charge in [-0.05, 0) is 18.6 Å². The molecule has 1 aromatic heterocycles. The van der Waals surface area contributed by atoms with Crippen LogP contribution >= 0.6 is 11.6 Å². The number of benzene rings is 1. The Morgan fingerprint density at radius 2 is 2.00 bits per heavy atom. The van der Waals surface area contributed by atoms with Crippen LogP contribution in [-0.4, -0.2) is 22.2 Å². The summed E-state index contributed by atoms with van der Waals surface area (Å²) in [5.74, 6) is 0.841. The summed E-state index contributed by atoms with van der Waals surface area (Å²) in [5.41, 5.74) is 2.66. The number of aryl methyl sites for hydroxylation is 1. The smallest absolute Gasteiger partial charge is 0.220 e. The summed E-state index contributed by atoms with van der Waals surface area (Å²) in [4.78, 5) is 8.41. The second-order valence-electron chi connectivity index (χ2n) is 4.14. The third-order valence-electron chi connectivity index (χ3n) is 2.88. The largest absolute Gasteiger partial charge is 0.481 e. The van der Waals surface area contributed by atoms with Crippen LogP contribution in [0.2, 0.25) is 5.02 Å². The van der Waals surface area contributed by atoms with E-state index in [0.29, 0.717) is 23.1 Å². The molecular formula is C14H15ClN2O2. The lowest BCUT2D eigenvalue weighted by molar-refractivity contribution is 0.267. The normalized spacial score (nSPS) is 10.5. The van der Waals surface area contributed by atoms with E-state index >= 15 is 0 Å². The van der Waals surface area contributed by atoms with Crippen LogP contribution in [0.4, 0.5) is 0 Å². The second kappa shape index (κ2) is 5.99. The van der Waals surface area contributed by atoms with E-state index in [2.05, 4.69) is 9.97 Å². The van der Waals surface area contributed by atoms with Gasteiger partial charge < -0.3 is 9.84 Å². The van der Waals surface area contributed by atoms with Gasteiger partial charge in [0.15, 0.2) is 5.82 Å². The van der Waals surface area contributed by atoms with Gasteiger partial charge in [0.05, 0.1) is 7.11 Å². The zero-order chi connectivity index (χ0) is 13.8. The van der Waals surface area contributed by atoms with Gasteiger partial charge >= 0.3 is 0 Å². The van der Waals surface area contributed by atoms with Gasteiger partial charge in [0, 0.05) is 22.7 Å². The highest BCUT2D eigenvalue weighted by atomic mass is 35.5. The van der Waals surface area contributed by atoms with Crippen LogP contribution in [-0.2, 0) is 13.0 Å². The molecule has 0 amide bonds. The molecule has 2 rings (SSSR count). The molecule has 1 heterocycles. The third-order valence-corrected chi connectivity index (χ3v) is 3.25. The summed E-state index contributed by atoms with van der Waals surface area (Å²) >= 11 is 6.16. The SMILES string of the molecule is COc1nc(CO)nc(C)c1Cc1ccccc1Cl. The Bertz CT molecular complexity index is 588. The zero-order valence-corrected chi connectivity index (χ0v) is 11.6. The van der Waals surface area contributed by atoms with E-state index < -0.39 is 0 Å². The van der Waals surface area contributed by atoms with E-state index in [1.165, 1.54) is 0 Å². The average Bonchev–Trinajstić information content (AvgIpc) is 2.42. The fraction of sp³-hybridized carbons (Fsp3) is 0.286. The van der Waals surface area contributed by atoms with Crippen molar-refractivity contribution in [3.63, 3.8) is 0 Å². The van der Waals surface area contributed by atoms with Crippen LogP contribution in [0.3, 0.4) is 0 Å². The molecule has 0 aliphatic carbocycles. The van der Waals surface area contributed by atoms with Gasteiger partial charge in [-0.2, -0.15) is 4.98 Å². The summed E-state index contributed by atoms with van der Waals surface area (Å²) in [6.07, 6.45) is 0.598. The molecule has 0 bridgehead atoms. The second-order valence-corrected chi connectivity index (χ2v) is 4.55. The van der Waals surface area contributed by atoms with Gasteiger partial charge in [-0.1, -0.05) is 29.8 Å². The Labute approximate surface area is 117 Å². The molecule has 0 saturated heterocycles. The number of nitrogens with zero attached hydrogens (tertiary/aromatic N) is 2. The van der Waals surface area contributed by atoms with Crippen molar-refractivity contribution in [2.75, 3.05) is 7.11 Å². The molecule has 0 atom stereocenters. The van der Waals surface area contributed by atoms with Crippen molar-refractivity contribution in [3.8, 4) is 5.88 Å². The number of aliphatic hydroxyl groups is 1. The molecule has 0 aliphatic rings. The van der Waals surface area contributed by atoms with Gasteiger partial charge in [-0.3, -0.25) is 0 Å². The highest BCUT2D eigenvalue weighted by molar-refractivity contribution is 6.31. The van der Waals surface area contributed by atoms with Crippen LogP contribution in [0.1, 0.15) is 22.6 Å². The highest BCUT2D eigenvalue weighted by Gasteiger charge is 2.13. The topological polar surface area (TPSA) is 55.2 Å². The van der Waals surface area contributed by atoms with E-state index in [1.807, 2.05) is 31.2 Å². The fourth-order valence-corrected chi connectivity index (χ4v) is 2.10. The first-order valence-electron chi connectivity index (χ1n) is 5.90. The van der Waals surface area contributed by atoms with Crippen molar-refractivity contribution in [3.05, 3.63) is 51.9 Å². The first kappa shape index (κ1) is 13.8. The molecule has 1 N–H and O–H groups in total. The molecule has 0 aliphatic heterocycles. The van der Waals surface area contributed by atoms with Gasteiger partial charge in [0.25, 0.3) is 0 Å². The minimum atomic E-state index is -0.205. The van der Waals surface area contributed by atoms with E-state index in [0.717, 1.165) is 16.8 Å². The molecule has 2 aromatic rings. The average molecular weight is 279 g/mol. The molecule has 0 radical (unpaired) electrons. The predicted molar refractivity (Wildman–Crippen MR) is 73.5 cm³/mol. The lowest BCUT2D eigenvalue weighted by atomic mass is 10.0. The van der Waals surface area contributed by atoms with Crippen molar-refractivity contribution in [1.82, 2.24) is 9.97 Å². The van der Waals surface area contributed by atoms with Crippen molar-refractivity contribution in [2.45, 2.75) is 20.0 Å². The number of hydrogen-bond donors (Lipinski definition) is 1. The Balaban J connectivity index is 2.42. The number of methoxy groups -OCH3 is 1. The lowest BCUT2D eigenvalue weighted by Gasteiger charge is -2.12. The molecule has 0 fully saturated rings. The minimum absolute atomic E-state index is 0.205. The fourth-order valence-electron chi connectivity index (χ4n) is 1.90. The van der Waals surface area contributed by atoms with Crippen LogP contribution in [0, 0.1) is 6.92 Å². The Hall–Kier alpha value is -1.65. The minimum Gasteiger partial charge on any atom is -0.481 e. The first-order valence-corrected chi connectivity index (χ1v) is 6.28. The molecule has 4 nitrogen and oxygen atoms in total. The van der Waals surface area contributed by atoms with Crippen molar-refractivity contribution in [2.24, 2.45) is 0 Å². The van der Waals surface area contributed by atoms with Gasteiger partial charge in [0.1, 0.15) is 6.61 Å². The van der Waals surface area contributed by atoms with E-state index in [9.17, 15) is 0 Å². The molecule has 1 aromatic carbocycles. The number of ether oxygens (including phenoxy) is 1. The number of aliphatic hydroxyl groups excluding tert-OH is 1. The van der Waals surface area contributed by atoms with Crippen LogP contribution in [0.25, 0.3) is 0 Å². The van der Waals surface area contributed by atoms with E-state index in [1.54, 1.807) is 7.11 Å². The molecule has 0 spiro atoms. The van der Waals surface area contributed by atoms with Crippen LogP contribution < -0.4 is 4.74 Å². The molecule has 100 valence electrons. The summed E-state index contributed by atoms with van der Waals surface area (Å²) < 4.78 is 5.28. The van der Waals surface area contributed by atoms with Gasteiger partial charge in [0.2, 0.25) is 5.88 Å². The molecule has 0 unspecified atom stereocenters. The Kier molecular flexibility index (Phi) is 4.35. The highest BCUT2D eigenvalue weighted by Crippen LogP contribution is 2.25. The molecular weight excluding hydrogens is 264 g/mol. The first-order chi connectivity index (χ1) is 9.15. The maximum absolute atomic E-state index is 9.11. The van der Waals surface area contributed by atoms with Crippen molar-refractivity contribution < 1.29 is 9.84 Å². The van der Waals surface area contributed by atoms with Gasteiger partial charge in [-0.15, -0.1) is 0 Å². The summed E-state index contributed by atoms with van der Waals surface area (Å²) in [6.45, 7) is 1.67. The van der Waals surface area contributed by atoms with Crippen LogP contribution in [0.5, 0.6) is 5.88 Å². The third kappa shape index (κ3) is 3.03. The molecule has 0 saturated carbocycles. The Morgan fingerprint density at radius 3 is 2.63 bits per heavy atom. The zero-order valence-electron chi connectivity index (χ0n) is 10.9. The van der Waals surface area contributed by atoms with Crippen molar-refractivity contribution >= 4 is 11.6 Å². The number of aromatic nitrogens is 2. The Morgan fingerprint density at radius 1 is 1.26 bits per heavy atom. The van der Waals surface area contributed by atoms with E-state index in [-0.39, 0.29) is 6.61 Å². The maximum atomic E-state index is 9.11. The summed E-state index contributed by atoms with van der Waals surface area (Å²) in [6, 6.07) is 7.63. The molecule has 19 heavy (non-hydrogen) atoms. The van der Waals surface area contributed by atoms with Crippen molar-refractivity contribution in [1.29, 1.82) is 0 Å². The number of halogens is 1. The van der Waals surface area contributed by atoms with Gasteiger partial charge in [-0.25, -0.2) is 4.98 Å². The summed E-state index contributed by atoms with van der Waals surface area (Å²) in [7, 11) is 1.55. The number of rotatable bonds is 4. The van der Waals surface area contributed by atoms with Crippen LogP contribution in [0.15, 0.2) is 24.3 Å². The van der Waals surface area contributed by atoms with E-state index in [4.69, 9.17) is 21.4 Å².